The second-order valence-corrected chi connectivity index (χ2v) is 10.3. The molecule has 170 valence electrons. The van der Waals surface area contributed by atoms with Crippen LogP contribution in [0.4, 0.5) is 0 Å². The summed E-state index contributed by atoms with van der Waals surface area (Å²) in [6, 6.07) is 8.71. The van der Waals surface area contributed by atoms with Crippen molar-refractivity contribution in [2.45, 2.75) is 63.5 Å². The van der Waals surface area contributed by atoms with Crippen LogP contribution in [0.5, 0.6) is 0 Å². The van der Waals surface area contributed by atoms with Gasteiger partial charge < -0.3 is 0 Å². The van der Waals surface area contributed by atoms with E-state index in [9.17, 15) is 19.2 Å². The van der Waals surface area contributed by atoms with Gasteiger partial charge >= 0.3 is 187 Å². The molecule has 0 bridgehead atoms. The van der Waals surface area contributed by atoms with Crippen molar-refractivity contribution in [1.29, 1.82) is 0 Å². The first-order valence-corrected chi connectivity index (χ1v) is 11.4. The molecule has 1 fully saturated rings. The Balaban J connectivity index is 2.52. The first-order chi connectivity index (χ1) is 14.5. The van der Waals surface area contributed by atoms with Crippen LogP contribution in [-0.4, -0.2) is 74.2 Å². The number of amides is 1. The van der Waals surface area contributed by atoms with Crippen LogP contribution in [-0.2, 0) is 38.1 Å². The van der Waals surface area contributed by atoms with Gasteiger partial charge in [-0.1, -0.05) is 0 Å². The van der Waals surface area contributed by atoms with Crippen LogP contribution in [0.2, 0.25) is 0 Å². The normalized spacial score (nSPS) is 27.6. The number of hydrogen-bond acceptors (Lipinski definition) is 8. The van der Waals surface area contributed by atoms with Crippen molar-refractivity contribution in [2.24, 2.45) is 0 Å². The SMILES string of the molecule is CC(=O)N[C@@H]1[C@@H](OC(C)=O)[C@H](OC(C)=O)[C@@H](COC(C)=O)O[C@]1(C)[Se]c1ccccc1. The predicted molar refractivity (Wildman–Crippen MR) is 110 cm³/mol. The molecular formula is C21H27NO8Se. The minimum absolute atomic E-state index is 0.210. The van der Waals surface area contributed by atoms with Crippen LogP contribution in [0.25, 0.3) is 0 Å². The summed E-state index contributed by atoms with van der Waals surface area (Å²) in [5, 5.41) is 2.81. The van der Waals surface area contributed by atoms with E-state index < -0.39 is 46.8 Å². The molecule has 0 unspecified atom stereocenters. The van der Waals surface area contributed by atoms with E-state index in [0.717, 1.165) is 4.46 Å². The zero-order valence-corrected chi connectivity index (χ0v) is 19.8. The average molecular weight is 500 g/mol. The van der Waals surface area contributed by atoms with Crippen LogP contribution in [0.15, 0.2) is 30.3 Å². The molecule has 1 amide bonds. The summed E-state index contributed by atoms with van der Waals surface area (Å²) >= 11 is -0.366. The fraction of sp³-hybridized carbons (Fsp3) is 0.524. The number of carbonyl (C=O) groups is 4. The predicted octanol–water partition coefficient (Wildman–Crippen LogP) is 0.0623. The molecule has 1 aromatic rings. The van der Waals surface area contributed by atoms with Crippen LogP contribution >= 0.6 is 0 Å². The van der Waals surface area contributed by atoms with Gasteiger partial charge in [0.1, 0.15) is 0 Å². The maximum absolute atomic E-state index is 12.0. The molecule has 1 aromatic carbocycles. The Kier molecular flexibility index (Phi) is 8.61. The van der Waals surface area contributed by atoms with Crippen molar-refractivity contribution >= 4 is 43.2 Å². The fourth-order valence-electron chi connectivity index (χ4n) is 3.37. The fourth-order valence-corrected chi connectivity index (χ4v) is 6.00. The summed E-state index contributed by atoms with van der Waals surface area (Å²) in [5.41, 5.74) is 0. The van der Waals surface area contributed by atoms with Crippen molar-refractivity contribution in [3.05, 3.63) is 30.3 Å². The van der Waals surface area contributed by atoms with E-state index in [2.05, 4.69) is 5.32 Å². The summed E-state index contributed by atoms with van der Waals surface area (Å²) in [6.45, 7) is 6.61. The Morgan fingerprint density at radius 2 is 1.55 bits per heavy atom. The van der Waals surface area contributed by atoms with Gasteiger partial charge in [0.25, 0.3) is 0 Å². The zero-order chi connectivity index (χ0) is 23.2. The van der Waals surface area contributed by atoms with Gasteiger partial charge in [-0.15, -0.1) is 0 Å². The third-order valence-corrected chi connectivity index (χ3v) is 7.10. The molecule has 0 aliphatic carbocycles. The molecule has 1 aliphatic heterocycles. The minimum atomic E-state index is -1.09. The van der Waals surface area contributed by atoms with E-state index in [1.807, 2.05) is 30.3 Å². The number of nitrogens with one attached hydrogen (secondary N) is 1. The quantitative estimate of drug-likeness (QED) is 0.318. The molecule has 0 spiro atoms. The molecule has 1 saturated heterocycles. The van der Waals surface area contributed by atoms with Crippen LogP contribution in [0.1, 0.15) is 34.6 Å². The van der Waals surface area contributed by atoms with Crippen molar-refractivity contribution in [2.75, 3.05) is 6.61 Å². The number of esters is 3. The van der Waals surface area contributed by atoms with Crippen molar-refractivity contribution in [1.82, 2.24) is 5.32 Å². The average Bonchev–Trinajstić information content (AvgIpc) is 2.65. The number of rotatable bonds is 7. The molecule has 9 nitrogen and oxygen atoms in total. The van der Waals surface area contributed by atoms with Gasteiger partial charge in [-0.2, -0.15) is 0 Å². The number of carbonyl (C=O) groups excluding carboxylic acids is 4. The van der Waals surface area contributed by atoms with Gasteiger partial charge in [0.05, 0.1) is 0 Å². The monoisotopic (exact) mass is 501 g/mol. The van der Waals surface area contributed by atoms with Crippen LogP contribution < -0.4 is 9.78 Å². The van der Waals surface area contributed by atoms with Gasteiger partial charge in [0.2, 0.25) is 0 Å². The molecule has 0 saturated carbocycles. The molecule has 10 heteroatoms. The summed E-state index contributed by atoms with van der Waals surface area (Å²) < 4.78 is 22.4. The Morgan fingerprint density at radius 3 is 2.06 bits per heavy atom. The second-order valence-electron chi connectivity index (χ2n) is 7.22. The number of hydrogen-bond donors (Lipinski definition) is 1. The Hall–Kier alpha value is -2.42. The molecule has 0 aromatic heterocycles. The summed E-state index contributed by atoms with van der Waals surface area (Å²) in [6.07, 6.45) is -3.04. The van der Waals surface area contributed by atoms with Gasteiger partial charge in [-0.25, -0.2) is 0 Å². The van der Waals surface area contributed by atoms with Gasteiger partial charge in [-0.3, -0.25) is 0 Å². The van der Waals surface area contributed by atoms with Crippen molar-refractivity contribution in [3.8, 4) is 0 Å². The third-order valence-electron chi connectivity index (χ3n) is 4.45. The topological polar surface area (TPSA) is 117 Å². The van der Waals surface area contributed by atoms with Gasteiger partial charge in [0.15, 0.2) is 0 Å². The van der Waals surface area contributed by atoms with Crippen LogP contribution in [0, 0.1) is 0 Å². The van der Waals surface area contributed by atoms with E-state index in [1.54, 1.807) is 6.92 Å². The van der Waals surface area contributed by atoms with E-state index in [-0.39, 0.29) is 27.5 Å². The summed E-state index contributed by atoms with van der Waals surface area (Å²) in [4.78, 5) is 47.2. The molecule has 1 heterocycles. The van der Waals surface area contributed by atoms with Crippen molar-refractivity contribution in [3.63, 3.8) is 0 Å². The van der Waals surface area contributed by atoms with E-state index >= 15 is 0 Å². The Bertz CT molecular complexity index is 817. The second kappa shape index (κ2) is 10.7. The molecule has 1 aliphatic rings. The van der Waals surface area contributed by atoms with E-state index in [0.29, 0.717) is 0 Å². The van der Waals surface area contributed by atoms with Gasteiger partial charge in [0, 0.05) is 0 Å². The summed E-state index contributed by atoms with van der Waals surface area (Å²) in [7, 11) is 0. The van der Waals surface area contributed by atoms with Crippen molar-refractivity contribution < 1.29 is 38.1 Å². The number of ether oxygens (including phenoxy) is 4. The third kappa shape index (κ3) is 7.05. The maximum atomic E-state index is 12.0. The first-order valence-electron chi connectivity index (χ1n) is 9.68. The molecule has 2 rings (SSSR count). The number of benzene rings is 1. The van der Waals surface area contributed by atoms with E-state index in [4.69, 9.17) is 18.9 Å². The Labute approximate surface area is 187 Å². The molecule has 31 heavy (non-hydrogen) atoms. The first kappa shape index (κ1) is 24.8. The zero-order valence-electron chi connectivity index (χ0n) is 18.1. The molecule has 1 N–H and O–H groups in total. The molecule has 5 atom stereocenters. The van der Waals surface area contributed by atoms with Gasteiger partial charge in [-0.05, 0) is 0 Å². The Morgan fingerprint density at radius 1 is 0.968 bits per heavy atom. The van der Waals surface area contributed by atoms with E-state index in [1.165, 1.54) is 27.7 Å². The molecular weight excluding hydrogens is 473 g/mol. The van der Waals surface area contributed by atoms with Crippen LogP contribution in [0.3, 0.4) is 0 Å². The standard InChI is InChI=1S/C21H27NO8Se/c1-12(23)22-20-19(29-15(4)26)18(28-14(3)25)17(11-27-13(2)24)30-21(20,5)31-16-9-7-6-8-10-16/h6-10,17-20H,11H2,1-5H3,(H,22,23)/t17-,18-,19+,20-,21-/m1/s1. The summed E-state index contributed by atoms with van der Waals surface area (Å²) in [5.74, 6) is -2.13. The molecule has 0 radical (unpaired) electrons.